The molecule has 0 radical (unpaired) electrons. The summed E-state index contributed by atoms with van der Waals surface area (Å²) < 4.78 is 2.07. The first-order chi connectivity index (χ1) is 7.15. The van der Waals surface area contributed by atoms with E-state index < -0.39 is 5.97 Å². The Balaban J connectivity index is 2.49. The molecule has 15 heavy (non-hydrogen) atoms. The minimum absolute atomic E-state index is 0.366. The number of aromatic nitrogens is 2. The van der Waals surface area contributed by atoms with E-state index in [1.807, 2.05) is 0 Å². The topological polar surface area (TPSA) is 55.1 Å². The summed E-state index contributed by atoms with van der Waals surface area (Å²) in [4.78, 5) is 14.7. The van der Waals surface area contributed by atoms with Gasteiger partial charge in [0.15, 0.2) is 0 Å². The lowest BCUT2D eigenvalue weighted by Crippen LogP contribution is -2.12. The van der Waals surface area contributed by atoms with Gasteiger partial charge >= 0.3 is 5.97 Å². The SMILES string of the molecule is CCCn1cncc1CSC(C)C(=O)O. The van der Waals surface area contributed by atoms with Crippen LogP contribution in [0.5, 0.6) is 0 Å². The fourth-order valence-electron chi connectivity index (χ4n) is 1.19. The molecule has 1 heterocycles. The Morgan fingerprint density at radius 2 is 2.47 bits per heavy atom. The van der Waals surface area contributed by atoms with Crippen LogP contribution in [0, 0.1) is 0 Å². The first kappa shape index (κ1) is 12.1. The summed E-state index contributed by atoms with van der Waals surface area (Å²) in [6.07, 6.45) is 4.66. The number of carbonyl (C=O) groups is 1. The molecule has 0 amide bonds. The summed E-state index contributed by atoms with van der Waals surface area (Å²) in [6.45, 7) is 4.75. The molecule has 1 atom stereocenters. The molecule has 0 aliphatic rings. The Hall–Kier alpha value is -0.970. The number of aryl methyl sites for hydroxylation is 1. The molecule has 5 heteroatoms. The van der Waals surface area contributed by atoms with Gasteiger partial charge in [0.1, 0.15) is 0 Å². The molecule has 1 aromatic heterocycles. The molecule has 1 unspecified atom stereocenters. The zero-order valence-corrected chi connectivity index (χ0v) is 9.83. The van der Waals surface area contributed by atoms with Crippen molar-refractivity contribution >= 4 is 17.7 Å². The maximum atomic E-state index is 10.6. The molecule has 84 valence electrons. The number of rotatable bonds is 6. The van der Waals surface area contributed by atoms with Crippen LogP contribution < -0.4 is 0 Å². The number of nitrogens with zero attached hydrogens (tertiary/aromatic N) is 2. The number of aliphatic carboxylic acids is 1. The van der Waals surface area contributed by atoms with E-state index in [0.717, 1.165) is 18.7 Å². The van der Waals surface area contributed by atoms with Gasteiger partial charge in [-0.05, 0) is 13.3 Å². The normalized spacial score (nSPS) is 12.7. The predicted molar refractivity (Wildman–Crippen MR) is 60.9 cm³/mol. The maximum absolute atomic E-state index is 10.6. The highest BCUT2D eigenvalue weighted by atomic mass is 32.2. The van der Waals surface area contributed by atoms with E-state index in [2.05, 4.69) is 16.5 Å². The third-order valence-electron chi connectivity index (χ3n) is 2.09. The van der Waals surface area contributed by atoms with E-state index in [4.69, 9.17) is 5.11 Å². The number of hydrogen-bond donors (Lipinski definition) is 1. The quantitative estimate of drug-likeness (QED) is 0.809. The van der Waals surface area contributed by atoms with Crippen molar-refractivity contribution in [2.75, 3.05) is 0 Å². The Kier molecular flexibility index (Phi) is 4.68. The minimum atomic E-state index is -0.762. The van der Waals surface area contributed by atoms with Gasteiger partial charge in [0.25, 0.3) is 0 Å². The Morgan fingerprint density at radius 1 is 1.73 bits per heavy atom. The number of carboxylic acids is 1. The van der Waals surface area contributed by atoms with Crippen LogP contribution in [-0.2, 0) is 17.1 Å². The summed E-state index contributed by atoms with van der Waals surface area (Å²) in [6, 6.07) is 0. The van der Waals surface area contributed by atoms with Crippen molar-refractivity contribution in [3.8, 4) is 0 Å². The molecule has 0 aliphatic heterocycles. The lowest BCUT2D eigenvalue weighted by atomic mass is 10.4. The van der Waals surface area contributed by atoms with Crippen LogP contribution in [0.25, 0.3) is 0 Å². The average Bonchev–Trinajstić information content (AvgIpc) is 2.62. The molecule has 0 saturated heterocycles. The summed E-state index contributed by atoms with van der Waals surface area (Å²) in [5.74, 6) is -0.0606. The molecule has 0 spiro atoms. The van der Waals surface area contributed by atoms with Crippen LogP contribution in [0.1, 0.15) is 26.0 Å². The van der Waals surface area contributed by atoms with Crippen molar-refractivity contribution in [2.24, 2.45) is 0 Å². The second-order valence-corrected chi connectivity index (χ2v) is 4.70. The Morgan fingerprint density at radius 3 is 3.07 bits per heavy atom. The van der Waals surface area contributed by atoms with Crippen molar-refractivity contribution in [3.05, 3.63) is 18.2 Å². The van der Waals surface area contributed by atoms with Crippen LogP contribution in [0.4, 0.5) is 0 Å². The molecule has 0 aliphatic carbocycles. The minimum Gasteiger partial charge on any atom is -0.480 e. The maximum Gasteiger partial charge on any atom is 0.316 e. The average molecular weight is 228 g/mol. The number of hydrogen-bond acceptors (Lipinski definition) is 3. The highest BCUT2D eigenvalue weighted by molar-refractivity contribution is 7.99. The molecule has 1 aromatic rings. The third kappa shape index (κ3) is 3.58. The van der Waals surface area contributed by atoms with Gasteiger partial charge in [-0.2, -0.15) is 0 Å². The van der Waals surface area contributed by atoms with Crippen molar-refractivity contribution in [1.29, 1.82) is 0 Å². The molecule has 1 N–H and O–H groups in total. The molecule has 0 saturated carbocycles. The number of imidazole rings is 1. The first-order valence-corrected chi connectivity index (χ1v) is 6.03. The van der Waals surface area contributed by atoms with Crippen molar-refractivity contribution in [2.45, 2.75) is 37.8 Å². The van der Waals surface area contributed by atoms with Gasteiger partial charge in [0, 0.05) is 24.2 Å². The van der Waals surface area contributed by atoms with Gasteiger partial charge in [0.2, 0.25) is 0 Å². The van der Waals surface area contributed by atoms with Gasteiger partial charge in [-0.25, -0.2) is 4.98 Å². The van der Waals surface area contributed by atoms with Crippen LogP contribution >= 0.6 is 11.8 Å². The van der Waals surface area contributed by atoms with Gasteiger partial charge < -0.3 is 9.67 Å². The van der Waals surface area contributed by atoms with E-state index in [9.17, 15) is 4.79 Å². The summed E-state index contributed by atoms with van der Waals surface area (Å²) in [7, 11) is 0. The fourth-order valence-corrected chi connectivity index (χ4v) is 2.00. The number of carboxylic acid groups (broad SMARTS) is 1. The van der Waals surface area contributed by atoms with Gasteiger partial charge in [-0.1, -0.05) is 6.92 Å². The van der Waals surface area contributed by atoms with E-state index in [-0.39, 0.29) is 5.25 Å². The smallest absolute Gasteiger partial charge is 0.316 e. The standard InChI is InChI=1S/C10H16N2O2S/c1-3-4-12-7-11-5-9(12)6-15-8(2)10(13)14/h5,7-8H,3-4,6H2,1-2H3,(H,13,14). The van der Waals surface area contributed by atoms with Crippen LogP contribution in [0.3, 0.4) is 0 Å². The van der Waals surface area contributed by atoms with Crippen LogP contribution in [0.2, 0.25) is 0 Å². The summed E-state index contributed by atoms with van der Waals surface area (Å²) in [5.41, 5.74) is 1.09. The molecule has 0 aromatic carbocycles. The molecule has 1 rings (SSSR count). The molecular weight excluding hydrogens is 212 g/mol. The predicted octanol–water partition coefficient (Wildman–Crippen LogP) is 2.00. The Bertz CT molecular complexity index is 325. The van der Waals surface area contributed by atoms with Crippen molar-refractivity contribution < 1.29 is 9.90 Å². The highest BCUT2D eigenvalue weighted by Gasteiger charge is 2.12. The molecular formula is C10H16N2O2S. The fraction of sp³-hybridized carbons (Fsp3) is 0.600. The van der Waals surface area contributed by atoms with Gasteiger partial charge in [-0.15, -0.1) is 11.8 Å². The van der Waals surface area contributed by atoms with Gasteiger partial charge in [0.05, 0.1) is 11.6 Å². The van der Waals surface area contributed by atoms with Gasteiger partial charge in [-0.3, -0.25) is 4.79 Å². The third-order valence-corrected chi connectivity index (χ3v) is 3.26. The summed E-state index contributed by atoms with van der Waals surface area (Å²) in [5, 5.41) is 8.37. The number of thioether (sulfide) groups is 1. The largest absolute Gasteiger partial charge is 0.480 e. The summed E-state index contributed by atoms with van der Waals surface area (Å²) >= 11 is 1.42. The molecule has 0 bridgehead atoms. The van der Waals surface area contributed by atoms with Crippen molar-refractivity contribution in [1.82, 2.24) is 9.55 Å². The van der Waals surface area contributed by atoms with Crippen LogP contribution in [-0.4, -0.2) is 25.9 Å². The van der Waals surface area contributed by atoms with E-state index in [1.165, 1.54) is 11.8 Å². The molecule has 0 fully saturated rings. The lowest BCUT2D eigenvalue weighted by molar-refractivity contribution is -0.136. The van der Waals surface area contributed by atoms with E-state index in [0.29, 0.717) is 5.75 Å². The van der Waals surface area contributed by atoms with Crippen molar-refractivity contribution in [3.63, 3.8) is 0 Å². The highest BCUT2D eigenvalue weighted by Crippen LogP contribution is 2.17. The Labute approximate surface area is 93.7 Å². The molecule has 4 nitrogen and oxygen atoms in total. The zero-order valence-electron chi connectivity index (χ0n) is 9.01. The first-order valence-electron chi connectivity index (χ1n) is 4.98. The zero-order chi connectivity index (χ0) is 11.3. The monoisotopic (exact) mass is 228 g/mol. The second-order valence-electron chi connectivity index (χ2n) is 3.37. The second kappa shape index (κ2) is 5.80. The van der Waals surface area contributed by atoms with E-state index >= 15 is 0 Å². The van der Waals surface area contributed by atoms with Crippen LogP contribution in [0.15, 0.2) is 12.5 Å². The lowest BCUT2D eigenvalue weighted by Gasteiger charge is -2.08. The van der Waals surface area contributed by atoms with E-state index in [1.54, 1.807) is 19.4 Å².